The number of benzene rings is 1. The van der Waals surface area contributed by atoms with Gasteiger partial charge in [0.15, 0.2) is 5.65 Å². The smallest absolute Gasteiger partial charge is 0.282 e. The first-order chi connectivity index (χ1) is 17.4. The van der Waals surface area contributed by atoms with Gasteiger partial charge < -0.3 is 4.74 Å². The summed E-state index contributed by atoms with van der Waals surface area (Å²) in [5, 5.41) is 4.09. The van der Waals surface area contributed by atoms with Crippen molar-refractivity contribution in [2.45, 2.75) is 51.5 Å². The summed E-state index contributed by atoms with van der Waals surface area (Å²) in [7, 11) is 0. The van der Waals surface area contributed by atoms with E-state index in [9.17, 15) is 17.6 Å². The molecule has 0 atom stereocenters. The van der Waals surface area contributed by atoms with Crippen LogP contribution in [0.4, 0.5) is 17.6 Å². The first-order valence-corrected chi connectivity index (χ1v) is 11.7. The molecule has 4 heterocycles. The minimum absolute atomic E-state index is 0.0168. The molecule has 0 unspecified atom stereocenters. The van der Waals surface area contributed by atoms with Gasteiger partial charge in [-0.3, -0.25) is 4.68 Å². The van der Waals surface area contributed by atoms with E-state index in [0.717, 1.165) is 37.7 Å². The van der Waals surface area contributed by atoms with Crippen molar-refractivity contribution in [2.75, 3.05) is 13.2 Å². The summed E-state index contributed by atoms with van der Waals surface area (Å²) in [6, 6.07) is 5.60. The largest absolute Gasteiger partial charge is 0.381 e. The van der Waals surface area contributed by atoms with Crippen molar-refractivity contribution in [3.63, 3.8) is 0 Å². The van der Waals surface area contributed by atoms with Gasteiger partial charge in [0.05, 0.1) is 11.7 Å². The average molecular weight is 503 g/mol. The monoisotopic (exact) mass is 502 g/mol. The highest BCUT2D eigenvalue weighted by Gasteiger charge is 2.23. The van der Waals surface area contributed by atoms with E-state index in [-0.39, 0.29) is 28.1 Å². The molecule has 0 radical (unpaired) electrons. The Hall–Kier alpha value is -3.47. The van der Waals surface area contributed by atoms with E-state index < -0.39 is 23.8 Å². The first-order valence-electron chi connectivity index (χ1n) is 11.7. The molecule has 0 N–H and O–H groups in total. The Bertz CT molecular complexity index is 1270. The Morgan fingerprint density at radius 2 is 1.81 bits per heavy atom. The van der Waals surface area contributed by atoms with E-state index in [1.807, 2.05) is 23.1 Å². The third-order valence-electron chi connectivity index (χ3n) is 5.60. The normalized spacial score (nSPS) is 15.2. The zero-order chi connectivity index (χ0) is 25.5. The fourth-order valence-electron chi connectivity index (χ4n) is 3.58. The van der Waals surface area contributed by atoms with Crippen molar-refractivity contribution >= 4 is 11.2 Å². The number of ether oxygens (including phenoxy) is 1. The van der Waals surface area contributed by atoms with E-state index in [1.165, 1.54) is 39.0 Å². The van der Waals surface area contributed by atoms with Crippen molar-refractivity contribution in [2.24, 2.45) is 0 Å². The van der Waals surface area contributed by atoms with Gasteiger partial charge in [-0.15, -0.1) is 0 Å². The molecular weight excluding hydrogens is 476 g/mol. The summed E-state index contributed by atoms with van der Waals surface area (Å²) in [4.78, 5) is 15.5. The molecule has 1 aromatic carbocycles. The molecule has 7 nitrogen and oxygen atoms in total. The number of aromatic nitrogens is 6. The Kier molecular flexibility index (Phi) is 8.52. The molecule has 1 saturated carbocycles. The second kappa shape index (κ2) is 12.0. The van der Waals surface area contributed by atoms with Gasteiger partial charge in [0.25, 0.3) is 6.43 Å². The summed E-state index contributed by atoms with van der Waals surface area (Å²) < 4.78 is 59.9. The number of fused-ring (bicyclic) bond motifs is 1. The molecule has 2 fully saturated rings. The number of rotatable bonds is 3. The lowest BCUT2D eigenvalue weighted by molar-refractivity contribution is 0.0968. The highest BCUT2D eigenvalue weighted by molar-refractivity contribution is 5.86. The summed E-state index contributed by atoms with van der Waals surface area (Å²) in [5.41, 5.74) is -0.564. The predicted octanol–water partition coefficient (Wildman–Crippen LogP) is 6.02. The second-order valence-electron chi connectivity index (χ2n) is 8.40. The minimum atomic E-state index is -2.83. The van der Waals surface area contributed by atoms with Crippen LogP contribution in [0.15, 0.2) is 43.0 Å². The van der Waals surface area contributed by atoms with E-state index in [4.69, 9.17) is 4.74 Å². The Morgan fingerprint density at radius 3 is 2.36 bits per heavy atom. The lowest BCUT2D eigenvalue weighted by atomic mass is 10.1. The molecule has 36 heavy (non-hydrogen) atoms. The molecule has 4 aromatic rings. The number of hydrogen-bond donors (Lipinski definition) is 0. The maximum absolute atomic E-state index is 13.9. The van der Waals surface area contributed by atoms with Gasteiger partial charge in [0.2, 0.25) is 0 Å². The third kappa shape index (κ3) is 6.60. The number of nitrogens with zero attached hydrogens (tertiary/aromatic N) is 6. The SMILES string of the molecule is C1CCOCC1.Cc1nc2ncnc(-c3ccc(F)cc3F)c2nc1C(F)F.c1cnn(C2CC2)c1. The van der Waals surface area contributed by atoms with E-state index in [1.54, 1.807) is 0 Å². The molecule has 190 valence electrons. The molecular formula is C25H26F4N6O. The number of halogens is 4. The average Bonchev–Trinajstić information content (AvgIpc) is 3.59. The van der Waals surface area contributed by atoms with Crippen LogP contribution in [0.1, 0.15) is 56.0 Å². The summed E-state index contributed by atoms with van der Waals surface area (Å²) in [6.45, 7) is 3.38. The van der Waals surface area contributed by atoms with Crippen molar-refractivity contribution in [1.82, 2.24) is 29.7 Å². The molecule has 1 saturated heterocycles. The molecule has 6 rings (SSSR count). The number of aryl methyl sites for hydroxylation is 1. The van der Waals surface area contributed by atoms with Gasteiger partial charge in [-0.05, 0) is 57.2 Å². The zero-order valence-corrected chi connectivity index (χ0v) is 19.7. The maximum Gasteiger partial charge on any atom is 0.282 e. The summed E-state index contributed by atoms with van der Waals surface area (Å²) in [5.74, 6) is -1.63. The van der Waals surface area contributed by atoms with Crippen molar-refractivity contribution in [3.05, 3.63) is 66.0 Å². The van der Waals surface area contributed by atoms with Gasteiger partial charge in [-0.1, -0.05) is 0 Å². The van der Waals surface area contributed by atoms with Crippen molar-refractivity contribution < 1.29 is 22.3 Å². The molecule has 1 aliphatic heterocycles. The molecule has 0 bridgehead atoms. The lowest BCUT2D eigenvalue weighted by Crippen LogP contribution is -2.03. The Morgan fingerprint density at radius 1 is 1.03 bits per heavy atom. The van der Waals surface area contributed by atoms with Gasteiger partial charge >= 0.3 is 0 Å². The fraction of sp³-hybridized carbons (Fsp3) is 0.400. The first kappa shape index (κ1) is 25.6. The number of alkyl halides is 2. The molecule has 3 aromatic heterocycles. The van der Waals surface area contributed by atoms with Crippen LogP contribution in [0.5, 0.6) is 0 Å². The quantitative estimate of drug-likeness (QED) is 0.319. The minimum Gasteiger partial charge on any atom is -0.381 e. The maximum atomic E-state index is 13.9. The lowest BCUT2D eigenvalue weighted by Gasteiger charge is -2.08. The van der Waals surface area contributed by atoms with Gasteiger partial charge in [0.1, 0.15) is 34.9 Å². The van der Waals surface area contributed by atoms with Crippen molar-refractivity contribution in [1.29, 1.82) is 0 Å². The second-order valence-corrected chi connectivity index (χ2v) is 8.40. The van der Waals surface area contributed by atoms with Crippen LogP contribution in [-0.4, -0.2) is 42.9 Å². The Labute approximate surface area is 205 Å². The highest BCUT2D eigenvalue weighted by atomic mass is 19.3. The van der Waals surface area contributed by atoms with Crippen LogP contribution in [0.25, 0.3) is 22.4 Å². The number of hydrogen-bond acceptors (Lipinski definition) is 6. The molecule has 2 aliphatic rings. The van der Waals surface area contributed by atoms with Crippen LogP contribution < -0.4 is 0 Å². The van der Waals surface area contributed by atoms with Crippen LogP contribution in [-0.2, 0) is 4.74 Å². The fourth-order valence-corrected chi connectivity index (χ4v) is 3.58. The zero-order valence-electron chi connectivity index (χ0n) is 19.7. The molecule has 11 heteroatoms. The third-order valence-corrected chi connectivity index (χ3v) is 5.60. The van der Waals surface area contributed by atoms with Crippen LogP contribution in [0.2, 0.25) is 0 Å². The van der Waals surface area contributed by atoms with Crippen LogP contribution in [0.3, 0.4) is 0 Å². The summed E-state index contributed by atoms with van der Waals surface area (Å²) in [6.07, 6.45) is 8.72. The standard InChI is InChI=1S/C14H8F4N4.C6H8N2.C5H10O/c1-6-10(13(17)18)22-12-11(19-5-20-14(12)21-6)8-3-2-7(15)4-9(8)16;1-4-7-8(5-1)6-2-3-6;1-2-4-6-5-3-1/h2-5,13H,1H3;1,4-6H,2-3H2;1-5H2. The van der Waals surface area contributed by atoms with Gasteiger partial charge in [-0.2, -0.15) is 5.10 Å². The predicted molar refractivity (Wildman–Crippen MR) is 125 cm³/mol. The van der Waals surface area contributed by atoms with Gasteiger partial charge in [0, 0.05) is 37.2 Å². The molecule has 0 spiro atoms. The van der Waals surface area contributed by atoms with Crippen molar-refractivity contribution in [3.8, 4) is 11.3 Å². The van der Waals surface area contributed by atoms with E-state index in [0.29, 0.717) is 6.07 Å². The highest BCUT2D eigenvalue weighted by Crippen LogP contribution is 2.33. The van der Waals surface area contributed by atoms with Crippen LogP contribution in [0, 0.1) is 18.6 Å². The topological polar surface area (TPSA) is 78.6 Å². The Balaban J connectivity index is 0.000000174. The van der Waals surface area contributed by atoms with E-state index in [2.05, 4.69) is 25.0 Å². The molecule has 1 aliphatic carbocycles. The van der Waals surface area contributed by atoms with Gasteiger partial charge in [-0.25, -0.2) is 37.5 Å². The van der Waals surface area contributed by atoms with E-state index >= 15 is 0 Å². The molecule has 0 amide bonds. The van der Waals surface area contributed by atoms with Crippen LogP contribution >= 0.6 is 0 Å². The summed E-state index contributed by atoms with van der Waals surface area (Å²) >= 11 is 0.